The number of pyridine rings is 1. The van der Waals surface area contributed by atoms with Crippen molar-refractivity contribution in [3.05, 3.63) is 36.3 Å². The molecule has 4 nitrogen and oxygen atoms in total. The highest BCUT2D eigenvalue weighted by Gasteiger charge is 2.02. The van der Waals surface area contributed by atoms with E-state index in [4.69, 9.17) is 0 Å². The molecule has 1 N–H and O–H groups in total. The summed E-state index contributed by atoms with van der Waals surface area (Å²) >= 11 is 1.55. The van der Waals surface area contributed by atoms with Gasteiger partial charge in [0, 0.05) is 29.5 Å². The molecule has 2 rings (SSSR count). The van der Waals surface area contributed by atoms with Crippen LogP contribution in [0.3, 0.4) is 0 Å². The molecule has 18 heavy (non-hydrogen) atoms. The molecular formula is C13H16N4S. The van der Waals surface area contributed by atoms with Crippen LogP contribution < -0.4 is 5.32 Å². The molecule has 2 aromatic rings. The normalized spacial score (nSPS) is 10.3. The lowest BCUT2D eigenvalue weighted by atomic mass is 10.4. The predicted molar refractivity (Wildman–Crippen MR) is 73.9 cm³/mol. The van der Waals surface area contributed by atoms with Crippen molar-refractivity contribution in [1.29, 1.82) is 0 Å². The summed E-state index contributed by atoms with van der Waals surface area (Å²) < 4.78 is 0. The Labute approximate surface area is 111 Å². The van der Waals surface area contributed by atoms with E-state index in [1.54, 1.807) is 24.2 Å². The smallest absolute Gasteiger partial charge is 0.192 e. The van der Waals surface area contributed by atoms with Crippen molar-refractivity contribution in [3.63, 3.8) is 0 Å². The molecule has 0 aliphatic rings. The standard InChI is InChI=1S/C13H16N4S/c1-3-6-14-12-9-11(5-8-15-12)18-13-16-7-4-10(2)17-13/h4-5,7-9H,3,6H2,1-2H3,(H,14,15). The highest BCUT2D eigenvalue weighted by atomic mass is 32.2. The van der Waals surface area contributed by atoms with E-state index in [-0.39, 0.29) is 0 Å². The van der Waals surface area contributed by atoms with Crippen LogP contribution in [0.25, 0.3) is 0 Å². The largest absolute Gasteiger partial charge is 0.370 e. The van der Waals surface area contributed by atoms with Crippen molar-refractivity contribution in [2.24, 2.45) is 0 Å². The Morgan fingerprint density at radius 2 is 2.06 bits per heavy atom. The maximum absolute atomic E-state index is 4.37. The van der Waals surface area contributed by atoms with Gasteiger partial charge in [0.2, 0.25) is 0 Å². The Morgan fingerprint density at radius 3 is 2.83 bits per heavy atom. The van der Waals surface area contributed by atoms with Crippen LogP contribution in [-0.2, 0) is 0 Å². The van der Waals surface area contributed by atoms with Gasteiger partial charge in [0.25, 0.3) is 0 Å². The third kappa shape index (κ3) is 3.70. The summed E-state index contributed by atoms with van der Waals surface area (Å²) in [5, 5.41) is 4.03. The van der Waals surface area contributed by atoms with Crippen molar-refractivity contribution in [2.75, 3.05) is 11.9 Å². The summed E-state index contributed by atoms with van der Waals surface area (Å²) in [6, 6.07) is 5.88. The molecule has 0 unspecified atom stereocenters. The van der Waals surface area contributed by atoms with Crippen LogP contribution in [0, 0.1) is 6.92 Å². The second-order valence-corrected chi connectivity index (χ2v) is 4.93. The first-order chi connectivity index (χ1) is 8.78. The van der Waals surface area contributed by atoms with Crippen molar-refractivity contribution in [3.8, 4) is 0 Å². The van der Waals surface area contributed by atoms with Gasteiger partial charge in [0.1, 0.15) is 5.82 Å². The summed E-state index contributed by atoms with van der Waals surface area (Å²) in [7, 11) is 0. The van der Waals surface area contributed by atoms with E-state index >= 15 is 0 Å². The molecule has 94 valence electrons. The maximum Gasteiger partial charge on any atom is 0.192 e. The zero-order chi connectivity index (χ0) is 12.8. The van der Waals surface area contributed by atoms with Gasteiger partial charge in [0.15, 0.2) is 5.16 Å². The van der Waals surface area contributed by atoms with Crippen LogP contribution in [-0.4, -0.2) is 21.5 Å². The van der Waals surface area contributed by atoms with Gasteiger partial charge in [-0.1, -0.05) is 6.92 Å². The van der Waals surface area contributed by atoms with Crippen molar-refractivity contribution in [2.45, 2.75) is 30.3 Å². The van der Waals surface area contributed by atoms with Crippen LogP contribution in [0.4, 0.5) is 5.82 Å². The van der Waals surface area contributed by atoms with Crippen LogP contribution in [0.15, 0.2) is 40.6 Å². The molecule has 0 spiro atoms. The SMILES string of the molecule is CCCNc1cc(Sc2nccc(C)n2)ccn1. The first-order valence-corrected chi connectivity index (χ1v) is 6.77. The van der Waals surface area contributed by atoms with Crippen LogP contribution >= 0.6 is 11.8 Å². The Hall–Kier alpha value is -1.62. The summed E-state index contributed by atoms with van der Waals surface area (Å²) in [4.78, 5) is 14.0. The van der Waals surface area contributed by atoms with Gasteiger partial charge < -0.3 is 5.32 Å². The minimum Gasteiger partial charge on any atom is -0.370 e. The molecule has 0 radical (unpaired) electrons. The van der Waals surface area contributed by atoms with Gasteiger partial charge in [-0.05, 0) is 43.3 Å². The monoisotopic (exact) mass is 260 g/mol. The Kier molecular flexibility index (Phi) is 4.52. The van der Waals surface area contributed by atoms with Crippen LogP contribution in [0.1, 0.15) is 19.0 Å². The first kappa shape index (κ1) is 12.8. The molecule has 0 amide bonds. The van der Waals surface area contributed by atoms with Gasteiger partial charge in [-0.15, -0.1) is 0 Å². The van der Waals surface area contributed by atoms with E-state index in [0.717, 1.165) is 34.5 Å². The fraction of sp³-hybridized carbons (Fsp3) is 0.308. The Morgan fingerprint density at radius 1 is 1.22 bits per heavy atom. The van der Waals surface area contributed by atoms with Gasteiger partial charge in [-0.3, -0.25) is 0 Å². The first-order valence-electron chi connectivity index (χ1n) is 5.95. The fourth-order valence-corrected chi connectivity index (χ4v) is 2.22. The zero-order valence-electron chi connectivity index (χ0n) is 10.6. The number of nitrogens with zero attached hydrogens (tertiary/aromatic N) is 3. The van der Waals surface area contributed by atoms with E-state index in [9.17, 15) is 0 Å². The highest BCUT2D eigenvalue weighted by Crippen LogP contribution is 2.25. The molecular weight excluding hydrogens is 244 g/mol. The maximum atomic E-state index is 4.37. The molecule has 0 fully saturated rings. The van der Waals surface area contributed by atoms with Gasteiger partial charge in [-0.25, -0.2) is 15.0 Å². The molecule has 0 saturated heterocycles. The van der Waals surface area contributed by atoms with Crippen LogP contribution in [0.2, 0.25) is 0 Å². The highest BCUT2D eigenvalue weighted by molar-refractivity contribution is 7.99. The average molecular weight is 260 g/mol. The average Bonchev–Trinajstić information content (AvgIpc) is 2.37. The molecule has 2 aromatic heterocycles. The quantitative estimate of drug-likeness (QED) is 0.837. The third-order valence-electron chi connectivity index (χ3n) is 2.27. The number of aryl methyl sites for hydroxylation is 1. The molecule has 2 heterocycles. The molecule has 0 aliphatic heterocycles. The summed E-state index contributed by atoms with van der Waals surface area (Å²) in [5.74, 6) is 0.898. The van der Waals surface area contributed by atoms with Crippen LogP contribution in [0.5, 0.6) is 0 Å². The number of nitrogens with one attached hydrogen (secondary N) is 1. The Balaban J connectivity index is 2.09. The topological polar surface area (TPSA) is 50.7 Å². The minimum absolute atomic E-state index is 0.766. The number of hydrogen-bond donors (Lipinski definition) is 1. The summed E-state index contributed by atoms with van der Waals surface area (Å²) in [6.07, 6.45) is 4.66. The second-order valence-electron chi connectivity index (χ2n) is 3.89. The lowest BCUT2D eigenvalue weighted by Gasteiger charge is -2.05. The minimum atomic E-state index is 0.766. The molecule has 0 saturated carbocycles. The van der Waals surface area contributed by atoms with Gasteiger partial charge in [0.05, 0.1) is 0 Å². The van der Waals surface area contributed by atoms with Gasteiger partial charge in [-0.2, -0.15) is 0 Å². The lowest BCUT2D eigenvalue weighted by Crippen LogP contribution is -2.01. The van der Waals surface area contributed by atoms with E-state index in [2.05, 4.69) is 27.2 Å². The van der Waals surface area contributed by atoms with Crippen molar-refractivity contribution >= 4 is 17.6 Å². The number of aromatic nitrogens is 3. The van der Waals surface area contributed by atoms with E-state index in [1.807, 2.05) is 25.1 Å². The van der Waals surface area contributed by atoms with E-state index in [0.29, 0.717) is 0 Å². The fourth-order valence-electron chi connectivity index (χ4n) is 1.40. The zero-order valence-corrected chi connectivity index (χ0v) is 11.4. The molecule has 0 aromatic carbocycles. The summed E-state index contributed by atoms with van der Waals surface area (Å²) in [5.41, 5.74) is 0.978. The Bertz CT molecular complexity index is 516. The van der Waals surface area contributed by atoms with Crippen molar-refractivity contribution in [1.82, 2.24) is 15.0 Å². The number of rotatable bonds is 5. The molecule has 0 aliphatic carbocycles. The van der Waals surface area contributed by atoms with E-state index in [1.165, 1.54) is 0 Å². The molecule has 0 atom stereocenters. The third-order valence-corrected chi connectivity index (χ3v) is 3.14. The summed E-state index contributed by atoms with van der Waals surface area (Å²) in [6.45, 7) is 5.03. The van der Waals surface area contributed by atoms with Gasteiger partial charge >= 0.3 is 0 Å². The predicted octanol–water partition coefficient (Wildman–Crippen LogP) is 3.15. The lowest BCUT2D eigenvalue weighted by molar-refractivity contribution is 0.931. The molecule has 5 heteroatoms. The van der Waals surface area contributed by atoms with Crippen molar-refractivity contribution < 1.29 is 0 Å². The number of hydrogen-bond acceptors (Lipinski definition) is 5. The second kappa shape index (κ2) is 6.35. The molecule has 0 bridgehead atoms. The van der Waals surface area contributed by atoms with E-state index < -0.39 is 0 Å². The number of anilines is 1.